The zero-order valence-electron chi connectivity index (χ0n) is 10.4. The molecule has 0 heterocycles. The quantitative estimate of drug-likeness (QED) is 0.630. The largest absolute Gasteiger partial charge is 0.301 e. The van der Waals surface area contributed by atoms with Gasteiger partial charge in [0, 0.05) is 10.9 Å². The molecule has 1 nitrogen and oxygen atoms in total. The maximum atomic E-state index is 3.50. The van der Waals surface area contributed by atoms with Crippen LogP contribution in [0.15, 0.2) is 0 Å². The van der Waals surface area contributed by atoms with E-state index in [2.05, 4.69) is 55.6 Å². The average molecular weight is 264 g/mol. The summed E-state index contributed by atoms with van der Waals surface area (Å²) in [5.41, 5.74) is 0.355. The number of rotatable bonds is 7. The third kappa shape index (κ3) is 5.35. The van der Waals surface area contributed by atoms with Crippen LogP contribution in [0.25, 0.3) is 0 Å². The van der Waals surface area contributed by atoms with Crippen LogP contribution in [0.1, 0.15) is 47.0 Å². The third-order valence-corrected chi connectivity index (χ3v) is 3.92. The molecular formula is C12H26BrN. The Morgan fingerprint density at radius 1 is 1.29 bits per heavy atom. The Morgan fingerprint density at radius 3 is 2.29 bits per heavy atom. The van der Waals surface area contributed by atoms with Crippen molar-refractivity contribution in [3.05, 3.63) is 0 Å². The van der Waals surface area contributed by atoms with E-state index in [0.29, 0.717) is 5.54 Å². The number of hydrogen-bond donors (Lipinski definition) is 0. The van der Waals surface area contributed by atoms with Crippen LogP contribution in [-0.2, 0) is 0 Å². The second-order valence-electron chi connectivity index (χ2n) is 4.96. The first-order valence-corrected chi connectivity index (χ1v) is 6.83. The lowest BCUT2D eigenvalue weighted by Crippen LogP contribution is -2.41. The standard InChI is InChI=1S/C12H26BrN/c1-6-12(3,4)14(5)10-8-11(2)7-9-13/h11H,6-10H2,1-5H3. The molecule has 0 bridgehead atoms. The first-order chi connectivity index (χ1) is 6.44. The van der Waals surface area contributed by atoms with Crippen LogP contribution in [0.5, 0.6) is 0 Å². The van der Waals surface area contributed by atoms with Gasteiger partial charge in [0.25, 0.3) is 0 Å². The molecule has 0 aromatic rings. The molecule has 0 aliphatic rings. The highest BCUT2D eigenvalue weighted by Gasteiger charge is 2.20. The maximum Gasteiger partial charge on any atom is 0.0147 e. The van der Waals surface area contributed by atoms with Crippen LogP contribution < -0.4 is 0 Å². The van der Waals surface area contributed by atoms with E-state index in [-0.39, 0.29) is 0 Å². The van der Waals surface area contributed by atoms with Gasteiger partial charge in [0.1, 0.15) is 0 Å². The van der Waals surface area contributed by atoms with Crippen molar-refractivity contribution < 1.29 is 0 Å². The molecule has 0 saturated heterocycles. The predicted molar refractivity (Wildman–Crippen MR) is 69.2 cm³/mol. The van der Waals surface area contributed by atoms with Crippen molar-refractivity contribution in [1.82, 2.24) is 4.90 Å². The minimum Gasteiger partial charge on any atom is -0.301 e. The SMILES string of the molecule is CCC(C)(C)N(C)CCC(C)CCBr. The summed E-state index contributed by atoms with van der Waals surface area (Å²) in [6.45, 7) is 10.5. The minimum absolute atomic E-state index is 0.355. The van der Waals surface area contributed by atoms with Gasteiger partial charge in [0.05, 0.1) is 0 Å². The summed E-state index contributed by atoms with van der Waals surface area (Å²) < 4.78 is 0. The van der Waals surface area contributed by atoms with E-state index >= 15 is 0 Å². The monoisotopic (exact) mass is 263 g/mol. The lowest BCUT2D eigenvalue weighted by atomic mass is 9.98. The molecule has 0 saturated carbocycles. The van der Waals surface area contributed by atoms with E-state index in [4.69, 9.17) is 0 Å². The third-order valence-electron chi connectivity index (χ3n) is 3.46. The van der Waals surface area contributed by atoms with Crippen molar-refractivity contribution in [2.24, 2.45) is 5.92 Å². The van der Waals surface area contributed by atoms with Crippen molar-refractivity contribution in [3.63, 3.8) is 0 Å². The summed E-state index contributed by atoms with van der Waals surface area (Å²) >= 11 is 3.50. The topological polar surface area (TPSA) is 3.24 Å². The summed E-state index contributed by atoms with van der Waals surface area (Å²) in [5, 5.41) is 1.13. The summed E-state index contributed by atoms with van der Waals surface area (Å²) in [6.07, 6.45) is 3.82. The van der Waals surface area contributed by atoms with Crippen LogP contribution in [0.3, 0.4) is 0 Å². The summed E-state index contributed by atoms with van der Waals surface area (Å²) in [6, 6.07) is 0. The van der Waals surface area contributed by atoms with Crippen molar-refractivity contribution >= 4 is 15.9 Å². The van der Waals surface area contributed by atoms with Gasteiger partial charge >= 0.3 is 0 Å². The van der Waals surface area contributed by atoms with Crippen LogP contribution in [0.4, 0.5) is 0 Å². The summed E-state index contributed by atoms with van der Waals surface area (Å²) in [7, 11) is 2.24. The predicted octanol–water partition coefficient (Wildman–Crippen LogP) is 3.92. The normalized spacial score (nSPS) is 14.8. The molecule has 86 valence electrons. The summed E-state index contributed by atoms with van der Waals surface area (Å²) in [5.74, 6) is 0.837. The van der Waals surface area contributed by atoms with Crippen molar-refractivity contribution in [2.45, 2.75) is 52.5 Å². The fourth-order valence-electron chi connectivity index (χ4n) is 1.32. The van der Waals surface area contributed by atoms with E-state index in [0.717, 1.165) is 11.2 Å². The second-order valence-corrected chi connectivity index (χ2v) is 5.75. The lowest BCUT2D eigenvalue weighted by molar-refractivity contribution is 0.142. The fourth-order valence-corrected chi connectivity index (χ4v) is 2.10. The molecule has 0 spiro atoms. The van der Waals surface area contributed by atoms with Gasteiger partial charge in [-0.3, -0.25) is 0 Å². The van der Waals surface area contributed by atoms with Gasteiger partial charge in [0.15, 0.2) is 0 Å². The minimum atomic E-state index is 0.355. The zero-order valence-corrected chi connectivity index (χ0v) is 12.0. The highest BCUT2D eigenvalue weighted by atomic mass is 79.9. The summed E-state index contributed by atoms with van der Waals surface area (Å²) in [4.78, 5) is 2.48. The molecule has 0 fully saturated rings. The van der Waals surface area contributed by atoms with Gasteiger partial charge in [-0.1, -0.05) is 29.8 Å². The molecular weight excluding hydrogens is 238 g/mol. The van der Waals surface area contributed by atoms with Crippen LogP contribution in [0.2, 0.25) is 0 Å². The molecule has 1 unspecified atom stereocenters. The molecule has 0 rings (SSSR count). The first-order valence-electron chi connectivity index (χ1n) is 5.71. The van der Waals surface area contributed by atoms with Gasteiger partial charge < -0.3 is 4.90 Å². The number of alkyl halides is 1. The fraction of sp³-hybridized carbons (Fsp3) is 1.00. The molecule has 0 radical (unpaired) electrons. The molecule has 0 aliphatic carbocycles. The number of hydrogen-bond acceptors (Lipinski definition) is 1. The Labute approximate surface area is 98.4 Å². The molecule has 2 heteroatoms. The van der Waals surface area contributed by atoms with Gasteiger partial charge in [0.2, 0.25) is 0 Å². The number of halogens is 1. The highest BCUT2D eigenvalue weighted by molar-refractivity contribution is 9.09. The van der Waals surface area contributed by atoms with Crippen LogP contribution in [0, 0.1) is 5.92 Å². The van der Waals surface area contributed by atoms with Gasteiger partial charge in [-0.25, -0.2) is 0 Å². The first kappa shape index (κ1) is 14.4. The van der Waals surface area contributed by atoms with Gasteiger partial charge in [-0.15, -0.1) is 0 Å². The zero-order chi connectivity index (χ0) is 11.2. The van der Waals surface area contributed by atoms with Crippen molar-refractivity contribution in [1.29, 1.82) is 0 Å². The van der Waals surface area contributed by atoms with E-state index < -0.39 is 0 Å². The van der Waals surface area contributed by atoms with E-state index in [9.17, 15) is 0 Å². The van der Waals surface area contributed by atoms with Gasteiger partial charge in [-0.05, 0) is 52.6 Å². The van der Waals surface area contributed by atoms with Crippen LogP contribution >= 0.6 is 15.9 Å². The Balaban J connectivity index is 3.78. The van der Waals surface area contributed by atoms with Gasteiger partial charge in [-0.2, -0.15) is 0 Å². The van der Waals surface area contributed by atoms with E-state index in [1.54, 1.807) is 0 Å². The Morgan fingerprint density at radius 2 is 1.86 bits per heavy atom. The molecule has 14 heavy (non-hydrogen) atoms. The smallest absolute Gasteiger partial charge is 0.0147 e. The van der Waals surface area contributed by atoms with Crippen molar-refractivity contribution in [2.75, 3.05) is 18.9 Å². The molecule has 0 N–H and O–H groups in total. The Hall–Kier alpha value is 0.440. The molecule has 0 aliphatic heterocycles. The molecule has 1 atom stereocenters. The Bertz CT molecular complexity index is 145. The van der Waals surface area contributed by atoms with E-state index in [1.807, 2.05) is 0 Å². The Kier molecular flexibility index (Phi) is 7.05. The maximum absolute atomic E-state index is 3.50. The molecule has 0 amide bonds. The lowest BCUT2D eigenvalue weighted by Gasteiger charge is -2.35. The highest BCUT2D eigenvalue weighted by Crippen LogP contribution is 2.18. The number of nitrogens with zero attached hydrogens (tertiary/aromatic N) is 1. The van der Waals surface area contributed by atoms with E-state index in [1.165, 1.54) is 25.8 Å². The molecule has 0 aromatic heterocycles. The second kappa shape index (κ2) is 6.84. The van der Waals surface area contributed by atoms with Crippen molar-refractivity contribution in [3.8, 4) is 0 Å². The molecule has 0 aromatic carbocycles. The average Bonchev–Trinajstić information content (AvgIpc) is 2.14. The van der Waals surface area contributed by atoms with Crippen LogP contribution in [-0.4, -0.2) is 29.4 Å².